The first-order chi connectivity index (χ1) is 10.2. The Kier molecular flexibility index (Phi) is 6.47. The van der Waals surface area contributed by atoms with Crippen molar-refractivity contribution in [1.29, 1.82) is 0 Å². The molecule has 1 aliphatic rings. The normalized spacial score (nSPS) is 17.9. The molecular weight excluding hydrogens is 256 g/mol. The highest BCUT2D eigenvalue weighted by Gasteiger charge is 2.19. The number of piperidine rings is 1. The van der Waals surface area contributed by atoms with Crippen LogP contribution in [0.5, 0.6) is 0 Å². The third-order valence-electron chi connectivity index (χ3n) is 4.45. The fourth-order valence-electron chi connectivity index (χ4n) is 3.12. The van der Waals surface area contributed by atoms with E-state index in [1.165, 1.54) is 43.6 Å². The molecule has 0 N–H and O–H groups in total. The second-order valence-corrected chi connectivity index (χ2v) is 6.50. The summed E-state index contributed by atoms with van der Waals surface area (Å²) in [4.78, 5) is 5.05. The first-order valence-corrected chi connectivity index (χ1v) is 8.25. The monoisotopic (exact) mass is 286 g/mol. The van der Waals surface area contributed by atoms with Gasteiger partial charge in [-0.1, -0.05) is 42.0 Å². The second kappa shape index (κ2) is 8.35. The van der Waals surface area contributed by atoms with Gasteiger partial charge < -0.3 is 4.90 Å². The van der Waals surface area contributed by atoms with Crippen LogP contribution in [0.15, 0.2) is 36.4 Å². The molecule has 2 heteroatoms. The van der Waals surface area contributed by atoms with Crippen molar-refractivity contribution in [1.82, 2.24) is 9.80 Å². The van der Waals surface area contributed by atoms with Crippen molar-refractivity contribution >= 4 is 0 Å². The molecule has 0 aliphatic carbocycles. The van der Waals surface area contributed by atoms with Crippen molar-refractivity contribution in [3.63, 3.8) is 0 Å². The van der Waals surface area contributed by atoms with E-state index < -0.39 is 0 Å². The minimum atomic E-state index is 0.863. The van der Waals surface area contributed by atoms with Crippen molar-refractivity contribution in [2.75, 3.05) is 33.2 Å². The van der Waals surface area contributed by atoms with Crippen LogP contribution in [0.2, 0.25) is 0 Å². The molecule has 2 nitrogen and oxygen atoms in total. The Labute approximate surface area is 130 Å². The summed E-state index contributed by atoms with van der Waals surface area (Å²) in [6, 6.07) is 8.93. The third-order valence-corrected chi connectivity index (χ3v) is 4.45. The largest absolute Gasteiger partial charge is 0.302 e. The van der Waals surface area contributed by atoms with Crippen LogP contribution in [-0.2, 0) is 6.54 Å². The van der Waals surface area contributed by atoms with Crippen molar-refractivity contribution in [3.05, 3.63) is 47.5 Å². The minimum absolute atomic E-state index is 0.863. The van der Waals surface area contributed by atoms with Crippen LogP contribution in [0.3, 0.4) is 0 Å². The molecule has 0 bridgehead atoms. The highest BCUT2D eigenvalue weighted by atomic mass is 15.1. The summed E-state index contributed by atoms with van der Waals surface area (Å²) >= 11 is 0. The Morgan fingerprint density at radius 3 is 2.48 bits per heavy atom. The second-order valence-electron chi connectivity index (χ2n) is 6.50. The van der Waals surface area contributed by atoms with Gasteiger partial charge in [-0.3, -0.25) is 4.90 Å². The number of benzene rings is 1. The van der Waals surface area contributed by atoms with Crippen LogP contribution >= 0.6 is 0 Å². The van der Waals surface area contributed by atoms with Gasteiger partial charge in [-0.15, -0.1) is 0 Å². The molecule has 2 rings (SSSR count). The fourth-order valence-corrected chi connectivity index (χ4v) is 3.12. The number of nitrogens with zero attached hydrogens (tertiary/aromatic N) is 2. The molecule has 0 unspecified atom stereocenters. The van der Waals surface area contributed by atoms with Gasteiger partial charge in [0.05, 0.1) is 0 Å². The van der Waals surface area contributed by atoms with Gasteiger partial charge in [0.2, 0.25) is 0 Å². The van der Waals surface area contributed by atoms with E-state index in [9.17, 15) is 0 Å². The van der Waals surface area contributed by atoms with E-state index in [2.05, 4.69) is 67.1 Å². The first kappa shape index (κ1) is 16.3. The van der Waals surface area contributed by atoms with Crippen LogP contribution in [0.25, 0.3) is 0 Å². The number of likely N-dealkylation sites (tertiary alicyclic amines) is 1. The zero-order valence-corrected chi connectivity index (χ0v) is 13.9. The maximum absolute atomic E-state index is 2.57. The van der Waals surface area contributed by atoms with Crippen molar-refractivity contribution in [2.24, 2.45) is 5.92 Å². The van der Waals surface area contributed by atoms with Crippen molar-refractivity contribution in [2.45, 2.75) is 33.2 Å². The molecule has 1 aliphatic heterocycles. The quantitative estimate of drug-likeness (QED) is 0.736. The van der Waals surface area contributed by atoms with Crippen LogP contribution in [0.4, 0.5) is 0 Å². The van der Waals surface area contributed by atoms with Crippen LogP contribution < -0.4 is 0 Å². The molecule has 0 aromatic heterocycles. The van der Waals surface area contributed by atoms with E-state index in [4.69, 9.17) is 0 Å². The van der Waals surface area contributed by atoms with Gasteiger partial charge in [-0.2, -0.15) is 0 Å². The molecule has 116 valence electrons. The summed E-state index contributed by atoms with van der Waals surface area (Å²) < 4.78 is 0. The molecular formula is C19H30N2. The van der Waals surface area contributed by atoms with Gasteiger partial charge in [0.25, 0.3) is 0 Å². The predicted molar refractivity (Wildman–Crippen MR) is 91.5 cm³/mol. The topological polar surface area (TPSA) is 6.48 Å². The fraction of sp³-hybridized carbons (Fsp3) is 0.579. The Hall–Kier alpha value is -1.12. The van der Waals surface area contributed by atoms with E-state index in [0.717, 1.165) is 19.0 Å². The average molecular weight is 286 g/mol. The molecule has 1 fully saturated rings. The van der Waals surface area contributed by atoms with Gasteiger partial charge in [-0.25, -0.2) is 0 Å². The number of hydrogen-bond donors (Lipinski definition) is 0. The summed E-state index contributed by atoms with van der Waals surface area (Å²) in [6.07, 6.45) is 7.11. The Balaban J connectivity index is 1.71. The maximum atomic E-state index is 2.57. The van der Waals surface area contributed by atoms with E-state index in [1.807, 2.05) is 0 Å². The molecule has 0 atom stereocenters. The lowest BCUT2D eigenvalue weighted by atomic mass is 9.96. The van der Waals surface area contributed by atoms with Gasteiger partial charge in [0.1, 0.15) is 0 Å². The highest BCUT2D eigenvalue weighted by Crippen LogP contribution is 2.18. The van der Waals surface area contributed by atoms with E-state index in [0.29, 0.717) is 0 Å². The summed E-state index contributed by atoms with van der Waals surface area (Å²) in [5, 5.41) is 0. The van der Waals surface area contributed by atoms with E-state index >= 15 is 0 Å². The zero-order valence-electron chi connectivity index (χ0n) is 13.9. The summed E-state index contributed by atoms with van der Waals surface area (Å²) in [5.41, 5.74) is 2.77. The van der Waals surface area contributed by atoms with Gasteiger partial charge in [0, 0.05) is 19.6 Å². The van der Waals surface area contributed by atoms with Gasteiger partial charge >= 0.3 is 0 Å². The number of allylic oxidation sites excluding steroid dienone is 1. The van der Waals surface area contributed by atoms with E-state index in [-0.39, 0.29) is 0 Å². The average Bonchev–Trinajstić information content (AvgIpc) is 2.49. The molecule has 0 spiro atoms. The number of rotatable bonds is 6. The van der Waals surface area contributed by atoms with Crippen molar-refractivity contribution < 1.29 is 0 Å². The lowest BCUT2D eigenvalue weighted by Gasteiger charge is -2.33. The predicted octanol–water partition coefficient (Wildman–Crippen LogP) is 3.71. The highest BCUT2D eigenvalue weighted by molar-refractivity contribution is 5.21. The van der Waals surface area contributed by atoms with E-state index in [1.54, 1.807) is 0 Å². The molecule has 1 heterocycles. The van der Waals surface area contributed by atoms with Crippen molar-refractivity contribution in [3.8, 4) is 0 Å². The first-order valence-electron chi connectivity index (χ1n) is 8.25. The van der Waals surface area contributed by atoms with Crippen LogP contribution in [0.1, 0.15) is 30.9 Å². The molecule has 0 radical (unpaired) electrons. The Morgan fingerprint density at radius 1 is 1.19 bits per heavy atom. The van der Waals surface area contributed by atoms with Gasteiger partial charge in [0.15, 0.2) is 0 Å². The molecule has 1 aromatic carbocycles. The van der Waals surface area contributed by atoms with Gasteiger partial charge in [-0.05, 0) is 58.3 Å². The number of aryl methyl sites for hydroxylation is 1. The lowest BCUT2D eigenvalue weighted by Crippen LogP contribution is -2.37. The van der Waals surface area contributed by atoms with Crippen LogP contribution in [0, 0.1) is 12.8 Å². The molecule has 0 saturated carbocycles. The SMILES string of the molecule is C/C=C/CN1CCC(CN(C)Cc2ccc(C)cc2)CC1. The van der Waals surface area contributed by atoms with Crippen LogP contribution in [-0.4, -0.2) is 43.0 Å². The summed E-state index contributed by atoms with van der Waals surface area (Å²) in [7, 11) is 2.26. The molecule has 1 aromatic rings. The molecule has 0 amide bonds. The summed E-state index contributed by atoms with van der Waals surface area (Å²) in [5.74, 6) is 0.863. The Bertz CT molecular complexity index is 427. The lowest BCUT2D eigenvalue weighted by molar-refractivity contribution is 0.162. The standard InChI is InChI=1S/C19H30N2/c1-4-5-12-21-13-10-19(11-14-21)16-20(3)15-18-8-6-17(2)7-9-18/h4-9,19H,10-16H2,1-3H3/b5-4+. The number of hydrogen-bond acceptors (Lipinski definition) is 2. The minimum Gasteiger partial charge on any atom is -0.302 e. The third kappa shape index (κ3) is 5.64. The maximum Gasteiger partial charge on any atom is 0.0230 e. The molecule has 1 saturated heterocycles. The Morgan fingerprint density at radius 2 is 1.86 bits per heavy atom. The molecule has 21 heavy (non-hydrogen) atoms. The summed E-state index contributed by atoms with van der Waals surface area (Å²) in [6.45, 7) is 10.2. The smallest absolute Gasteiger partial charge is 0.0230 e. The zero-order chi connectivity index (χ0) is 15.1.